The first-order valence-corrected chi connectivity index (χ1v) is 39.2. The van der Waals surface area contributed by atoms with Gasteiger partial charge in [-0.15, -0.1) is 0 Å². The van der Waals surface area contributed by atoms with Crippen molar-refractivity contribution in [2.75, 3.05) is 39.6 Å². The van der Waals surface area contributed by atoms with Gasteiger partial charge in [0.2, 0.25) is 0 Å². The fourth-order valence-electron chi connectivity index (χ4n) is 10.5. The summed E-state index contributed by atoms with van der Waals surface area (Å²) in [7, 11) is -9.90. The third kappa shape index (κ3) is 63.2. The van der Waals surface area contributed by atoms with Crippen LogP contribution < -0.4 is 0 Å². The van der Waals surface area contributed by atoms with Crippen LogP contribution in [-0.2, 0) is 65.4 Å². The highest BCUT2D eigenvalue weighted by Gasteiger charge is 2.30. The fraction of sp³-hybridized carbons (Fsp3) is 0.943. The summed E-state index contributed by atoms with van der Waals surface area (Å²) in [5.74, 6) is 0.822. The Kier molecular flexibility index (Phi) is 58.5. The lowest BCUT2D eigenvalue weighted by atomic mass is 10.00. The largest absolute Gasteiger partial charge is 0.472 e. The number of phosphoric ester groups is 2. The van der Waals surface area contributed by atoms with Crippen LogP contribution in [0.2, 0.25) is 0 Å². The maximum absolute atomic E-state index is 13.0. The first-order chi connectivity index (χ1) is 42.6. The monoisotopic (exact) mass is 1310 g/mol. The van der Waals surface area contributed by atoms with Crippen molar-refractivity contribution in [2.45, 2.75) is 363 Å². The van der Waals surface area contributed by atoms with Gasteiger partial charge in [0.25, 0.3) is 0 Å². The summed E-state index contributed by atoms with van der Waals surface area (Å²) in [6, 6.07) is 0. The Balaban J connectivity index is 5.21. The molecule has 0 rings (SSSR count). The van der Waals surface area contributed by atoms with E-state index in [0.717, 1.165) is 114 Å². The minimum atomic E-state index is -4.95. The predicted octanol–water partition coefficient (Wildman–Crippen LogP) is 19.7. The number of aliphatic hydroxyl groups excluding tert-OH is 1. The molecule has 0 aromatic rings. The molecular weight excluding hydrogens is 1170 g/mol. The minimum absolute atomic E-state index is 0.102. The number of carbonyl (C=O) groups excluding carboxylic acids is 4. The maximum atomic E-state index is 13.0. The van der Waals surface area contributed by atoms with Crippen molar-refractivity contribution in [3.63, 3.8) is 0 Å². The molecule has 0 radical (unpaired) electrons. The van der Waals surface area contributed by atoms with Crippen LogP contribution in [0, 0.1) is 23.7 Å². The second kappa shape index (κ2) is 59.8. The first-order valence-electron chi connectivity index (χ1n) is 36.2. The molecule has 3 unspecified atom stereocenters. The maximum Gasteiger partial charge on any atom is 0.472 e. The quantitative estimate of drug-likeness (QED) is 0.0222. The molecule has 89 heavy (non-hydrogen) atoms. The molecule has 0 amide bonds. The van der Waals surface area contributed by atoms with E-state index in [2.05, 4.69) is 55.4 Å². The van der Waals surface area contributed by atoms with Gasteiger partial charge in [-0.25, -0.2) is 9.13 Å². The van der Waals surface area contributed by atoms with Crippen molar-refractivity contribution >= 4 is 39.5 Å². The van der Waals surface area contributed by atoms with Gasteiger partial charge in [-0.2, -0.15) is 0 Å². The molecule has 0 bridgehead atoms. The van der Waals surface area contributed by atoms with Crippen LogP contribution in [0.4, 0.5) is 0 Å². The summed E-state index contributed by atoms with van der Waals surface area (Å²) >= 11 is 0. The first kappa shape index (κ1) is 87.1. The van der Waals surface area contributed by atoms with E-state index in [1.165, 1.54) is 141 Å². The molecule has 0 fully saturated rings. The SMILES string of the molecule is CCC(C)CCCCCCCCC(=O)OC[C@H](COP(=O)(O)OC[C@H](O)COP(=O)(O)OC[C@@H](COC(=O)CCCCCCCCCCC(C)C)OC(=O)CCCCCCCCCC(C)C)OC(=O)CCCCCCCCCCCCCCCCCC(C)C. The van der Waals surface area contributed by atoms with Crippen LogP contribution >= 0.6 is 15.6 Å². The van der Waals surface area contributed by atoms with Gasteiger partial charge in [0, 0.05) is 25.7 Å². The Labute approximate surface area is 543 Å². The molecule has 19 heteroatoms. The highest BCUT2D eigenvalue weighted by Crippen LogP contribution is 2.45. The Bertz CT molecular complexity index is 1770. The number of unbranched alkanes of at least 4 members (excludes halogenated alkanes) is 32. The highest BCUT2D eigenvalue weighted by molar-refractivity contribution is 7.47. The average Bonchev–Trinajstić information content (AvgIpc) is 3.65. The van der Waals surface area contributed by atoms with E-state index in [4.69, 9.17) is 37.0 Å². The van der Waals surface area contributed by atoms with E-state index >= 15 is 0 Å². The molecule has 17 nitrogen and oxygen atoms in total. The molecule has 0 saturated heterocycles. The molecule has 3 N–H and O–H groups in total. The zero-order valence-electron chi connectivity index (χ0n) is 58.1. The fourth-order valence-corrected chi connectivity index (χ4v) is 12.0. The minimum Gasteiger partial charge on any atom is -0.462 e. The van der Waals surface area contributed by atoms with Crippen LogP contribution in [0.25, 0.3) is 0 Å². The number of esters is 4. The Morgan fingerprint density at radius 3 is 0.798 bits per heavy atom. The summed E-state index contributed by atoms with van der Waals surface area (Å²) in [4.78, 5) is 72.5. The molecule has 0 aliphatic carbocycles. The van der Waals surface area contributed by atoms with E-state index in [1.54, 1.807) is 0 Å². The van der Waals surface area contributed by atoms with Crippen molar-refractivity contribution in [2.24, 2.45) is 23.7 Å². The lowest BCUT2D eigenvalue weighted by Gasteiger charge is -2.21. The number of phosphoric acid groups is 2. The summed E-state index contributed by atoms with van der Waals surface area (Å²) in [5.41, 5.74) is 0. The van der Waals surface area contributed by atoms with E-state index in [9.17, 15) is 43.2 Å². The summed E-state index contributed by atoms with van der Waals surface area (Å²) in [6.45, 7) is 14.0. The number of ether oxygens (including phenoxy) is 4. The Morgan fingerprint density at radius 1 is 0.315 bits per heavy atom. The average molecular weight is 1310 g/mol. The summed E-state index contributed by atoms with van der Waals surface area (Å²) in [5, 5.41) is 10.6. The van der Waals surface area contributed by atoms with E-state index < -0.39 is 97.5 Å². The molecule has 0 aliphatic rings. The lowest BCUT2D eigenvalue weighted by molar-refractivity contribution is -0.161. The third-order valence-corrected chi connectivity index (χ3v) is 18.3. The lowest BCUT2D eigenvalue weighted by Crippen LogP contribution is -2.30. The molecule has 0 aromatic heterocycles. The zero-order valence-corrected chi connectivity index (χ0v) is 59.8. The highest BCUT2D eigenvalue weighted by atomic mass is 31.2. The van der Waals surface area contributed by atoms with Gasteiger partial charge in [-0.05, 0) is 49.4 Å². The number of rotatable bonds is 67. The molecular formula is C70H136O17P2. The Morgan fingerprint density at radius 2 is 0.539 bits per heavy atom. The van der Waals surface area contributed by atoms with Crippen LogP contribution in [-0.4, -0.2) is 96.7 Å². The van der Waals surface area contributed by atoms with Crippen molar-refractivity contribution < 1.29 is 80.2 Å². The number of hydrogen-bond acceptors (Lipinski definition) is 15. The van der Waals surface area contributed by atoms with Crippen molar-refractivity contribution in [1.29, 1.82) is 0 Å². The smallest absolute Gasteiger partial charge is 0.462 e. The van der Waals surface area contributed by atoms with E-state index in [1.807, 2.05) is 0 Å². The van der Waals surface area contributed by atoms with Crippen molar-refractivity contribution in [1.82, 2.24) is 0 Å². The second-order valence-corrected chi connectivity index (χ2v) is 29.8. The number of carbonyl (C=O) groups is 4. The van der Waals surface area contributed by atoms with Crippen LogP contribution in [0.1, 0.15) is 344 Å². The number of aliphatic hydroxyl groups is 1. The second-order valence-electron chi connectivity index (χ2n) is 26.9. The van der Waals surface area contributed by atoms with Crippen molar-refractivity contribution in [3.05, 3.63) is 0 Å². The van der Waals surface area contributed by atoms with Gasteiger partial charge in [0.15, 0.2) is 12.2 Å². The van der Waals surface area contributed by atoms with Crippen LogP contribution in [0.5, 0.6) is 0 Å². The van der Waals surface area contributed by atoms with Gasteiger partial charge in [-0.3, -0.25) is 37.3 Å². The zero-order chi connectivity index (χ0) is 66.1. The molecule has 0 heterocycles. The Hall–Kier alpha value is -1.94. The predicted molar refractivity (Wildman–Crippen MR) is 358 cm³/mol. The molecule has 0 aromatic carbocycles. The van der Waals surface area contributed by atoms with Gasteiger partial charge in [-0.1, -0.05) is 293 Å². The van der Waals surface area contributed by atoms with Gasteiger partial charge >= 0.3 is 39.5 Å². The molecule has 0 saturated carbocycles. The van der Waals surface area contributed by atoms with Gasteiger partial charge < -0.3 is 33.8 Å². The summed E-state index contributed by atoms with van der Waals surface area (Å²) in [6.07, 6.45) is 41.9. The third-order valence-electron chi connectivity index (χ3n) is 16.4. The van der Waals surface area contributed by atoms with Crippen molar-refractivity contribution in [3.8, 4) is 0 Å². The van der Waals surface area contributed by atoms with Gasteiger partial charge in [0.1, 0.15) is 19.3 Å². The van der Waals surface area contributed by atoms with Crippen LogP contribution in [0.15, 0.2) is 0 Å². The van der Waals surface area contributed by atoms with Gasteiger partial charge in [0.05, 0.1) is 26.4 Å². The topological polar surface area (TPSA) is 237 Å². The molecule has 528 valence electrons. The van der Waals surface area contributed by atoms with Crippen LogP contribution in [0.3, 0.4) is 0 Å². The molecule has 0 aliphatic heterocycles. The standard InChI is InChI=1S/C70H136O17P2/c1-9-63(8)49-41-33-28-29-35-43-51-68(73)81-57-66(86-69(74)52-44-36-26-18-16-14-12-10-11-13-15-17-22-30-38-46-60(2)3)59-85-89(78,79)83-55-64(71)54-82-88(76,77)84-58-65(87-70(75)53-45-37-27-21-24-32-40-48-62(6)7)56-80-67(72)50-42-34-25-20-19-23-31-39-47-61(4)5/h60-66,71H,9-59H2,1-8H3,(H,76,77)(H,78,79)/t63?,64-,65-,66-/m1/s1. The molecule has 6 atom stereocenters. The molecule has 0 spiro atoms. The number of hydrogen-bond donors (Lipinski definition) is 3. The normalized spacial score (nSPS) is 14.6. The van der Waals surface area contributed by atoms with E-state index in [-0.39, 0.29) is 25.7 Å². The van der Waals surface area contributed by atoms with E-state index in [0.29, 0.717) is 31.6 Å². The summed E-state index contributed by atoms with van der Waals surface area (Å²) < 4.78 is 68.2.